The quantitative estimate of drug-likeness (QED) is 0.441. The maximum absolute atomic E-state index is 8.56. The Balaban J connectivity index is -0.0000000150. The van der Waals surface area contributed by atoms with Gasteiger partial charge in [0.25, 0.3) is 0 Å². The van der Waals surface area contributed by atoms with Crippen LogP contribution in [0.3, 0.4) is 0 Å². The zero-order chi connectivity index (χ0) is 3.58. The zero-order valence-electron chi connectivity index (χ0n) is 2.66. The molecule has 0 aromatic heterocycles. The SMILES string of the molecule is O.O=C(O)O.[CaH2].[Fe]. The first kappa shape index (κ1) is 24.5. The molecule has 4 nitrogen and oxygen atoms in total. The van der Waals surface area contributed by atoms with E-state index in [4.69, 9.17) is 15.0 Å². The summed E-state index contributed by atoms with van der Waals surface area (Å²) >= 11 is 0. The normalized spacial score (nSPS) is 3.43. The molecule has 0 bridgehead atoms. The van der Waals surface area contributed by atoms with Crippen LogP contribution < -0.4 is 0 Å². The fourth-order valence-electron chi connectivity index (χ4n) is 0. The van der Waals surface area contributed by atoms with E-state index in [-0.39, 0.29) is 60.3 Å². The number of rotatable bonds is 0. The van der Waals surface area contributed by atoms with Crippen molar-refractivity contribution in [2.24, 2.45) is 0 Å². The summed E-state index contributed by atoms with van der Waals surface area (Å²) in [6.07, 6.45) is -1.83. The van der Waals surface area contributed by atoms with Crippen LogP contribution in [0.15, 0.2) is 0 Å². The second-order valence-corrected chi connectivity index (χ2v) is 0.283. The van der Waals surface area contributed by atoms with E-state index in [0.717, 1.165) is 0 Å². The van der Waals surface area contributed by atoms with Crippen LogP contribution in [0.5, 0.6) is 0 Å². The molecule has 0 fully saturated rings. The van der Waals surface area contributed by atoms with Gasteiger partial charge in [-0.1, -0.05) is 0 Å². The van der Waals surface area contributed by atoms with Gasteiger partial charge in [0.2, 0.25) is 0 Å². The summed E-state index contributed by atoms with van der Waals surface area (Å²) in [5, 5.41) is 13.9. The molecule has 0 aliphatic carbocycles. The maximum Gasteiger partial charge on any atom is 0 e. The van der Waals surface area contributed by atoms with Crippen molar-refractivity contribution in [2.45, 2.75) is 0 Å². The van der Waals surface area contributed by atoms with Crippen LogP contribution >= 0.6 is 0 Å². The van der Waals surface area contributed by atoms with E-state index < -0.39 is 6.16 Å². The van der Waals surface area contributed by atoms with E-state index in [0.29, 0.717) is 0 Å². The predicted molar refractivity (Wildman–Crippen MR) is 22.8 cm³/mol. The molecule has 0 radical (unpaired) electrons. The van der Waals surface area contributed by atoms with Gasteiger partial charge in [-0.2, -0.15) is 0 Å². The molecule has 0 rings (SSSR count). The van der Waals surface area contributed by atoms with E-state index in [1.165, 1.54) is 0 Å². The summed E-state index contributed by atoms with van der Waals surface area (Å²) in [5.41, 5.74) is 0. The number of carbonyl (C=O) groups is 1. The van der Waals surface area contributed by atoms with Crippen molar-refractivity contribution in [3.63, 3.8) is 0 Å². The molecule has 0 saturated carbocycles. The standard InChI is InChI=1S/CH2O3.Ca.Fe.H2O.2H/c2-1(3)4;;;;;/h(H2,2,3,4);;;1H2;;. The molecule has 0 aromatic rings. The van der Waals surface area contributed by atoms with Gasteiger partial charge in [-0.15, -0.1) is 0 Å². The Labute approximate surface area is 80.7 Å². The predicted octanol–water partition coefficient (Wildman–Crippen LogP) is -1.52. The molecule has 0 aliphatic heterocycles. The molecule has 0 unspecified atom stereocenters. The first-order chi connectivity index (χ1) is 1.73. The first-order valence-electron chi connectivity index (χ1n) is 0.651. The van der Waals surface area contributed by atoms with Crippen molar-refractivity contribution in [3.8, 4) is 0 Å². The fraction of sp³-hybridized carbons (Fsp3) is 0. The van der Waals surface area contributed by atoms with Crippen molar-refractivity contribution in [3.05, 3.63) is 0 Å². The zero-order valence-corrected chi connectivity index (χ0v) is 3.76. The molecule has 0 heterocycles. The molecule has 0 saturated heterocycles. The van der Waals surface area contributed by atoms with E-state index in [9.17, 15) is 0 Å². The molecule has 44 valence electrons. The molecule has 6 heteroatoms. The molecule has 0 spiro atoms. The Bertz CT molecular complexity index is 34.7. The second-order valence-electron chi connectivity index (χ2n) is 0.283. The van der Waals surface area contributed by atoms with Crippen LogP contribution in [0.2, 0.25) is 0 Å². The second kappa shape index (κ2) is 15.7. The van der Waals surface area contributed by atoms with Gasteiger partial charge in [0.1, 0.15) is 0 Å². The van der Waals surface area contributed by atoms with Gasteiger partial charge in [-0.25, -0.2) is 4.79 Å². The summed E-state index contributed by atoms with van der Waals surface area (Å²) in [4.78, 5) is 8.56. The summed E-state index contributed by atoms with van der Waals surface area (Å²) < 4.78 is 0. The first-order valence-corrected chi connectivity index (χ1v) is 0.651. The van der Waals surface area contributed by atoms with Crippen LogP contribution in [0.25, 0.3) is 0 Å². The van der Waals surface area contributed by atoms with Crippen LogP contribution in [0.4, 0.5) is 4.79 Å². The topological polar surface area (TPSA) is 89.0 Å². The van der Waals surface area contributed by atoms with Crippen LogP contribution in [-0.4, -0.2) is 59.6 Å². The van der Waals surface area contributed by atoms with Crippen molar-refractivity contribution in [1.82, 2.24) is 0 Å². The van der Waals surface area contributed by atoms with Gasteiger partial charge in [-0.3, -0.25) is 0 Å². The molecule has 0 atom stereocenters. The number of hydrogen-bond donors (Lipinski definition) is 2. The third-order valence-corrected chi connectivity index (χ3v) is 0. The van der Waals surface area contributed by atoms with Crippen molar-refractivity contribution >= 4 is 43.9 Å². The maximum atomic E-state index is 8.56. The Morgan fingerprint density at radius 3 is 1.29 bits per heavy atom. The van der Waals surface area contributed by atoms with Crippen molar-refractivity contribution in [2.75, 3.05) is 0 Å². The minimum Gasteiger partial charge on any atom is 0 e. The summed E-state index contributed by atoms with van der Waals surface area (Å²) in [7, 11) is 0. The molecule has 7 heavy (non-hydrogen) atoms. The summed E-state index contributed by atoms with van der Waals surface area (Å²) in [6, 6.07) is 0. The summed E-state index contributed by atoms with van der Waals surface area (Å²) in [6.45, 7) is 0. The number of carboxylic acid groups (broad SMARTS) is 2. The molecule has 0 aromatic carbocycles. The minimum atomic E-state index is -1.83. The molecular weight excluding hydrogens is 172 g/mol. The number of hydrogen-bond acceptors (Lipinski definition) is 1. The van der Waals surface area contributed by atoms with Gasteiger partial charge in [-0.05, 0) is 0 Å². The molecule has 0 amide bonds. The largest absolute Gasteiger partial charge is 0 e. The van der Waals surface area contributed by atoms with Crippen LogP contribution in [0.1, 0.15) is 0 Å². The molecule has 4 N–H and O–H groups in total. The van der Waals surface area contributed by atoms with Gasteiger partial charge < -0.3 is 15.7 Å². The smallest absolute Gasteiger partial charge is 0 e. The fourth-order valence-corrected chi connectivity index (χ4v) is 0. The van der Waals surface area contributed by atoms with E-state index >= 15 is 0 Å². The monoisotopic (exact) mass is 178 g/mol. The average Bonchev–Trinajstić information content (AvgIpc) is 0.811. The Morgan fingerprint density at radius 1 is 1.29 bits per heavy atom. The van der Waals surface area contributed by atoms with Crippen molar-refractivity contribution in [1.29, 1.82) is 0 Å². The third-order valence-electron chi connectivity index (χ3n) is 0. The van der Waals surface area contributed by atoms with E-state index in [1.807, 2.05) is 0 Å². The van der Waals surface area contributed by atoms with Crippen LogP contribution in [0, 0.1) is 0 Å². The molecular formula is CH6CaFeO4. The van der Waals surface area contributed by atoms with Gasteiger partial charge in [0.05, 0.1) is 0 Å². The van der Waals surface area contributed by atoms with E-state index in [1.54, 1.807) is 0 Å². The average molecular weight is 178 g/mol. The molecule has 0 aliphatic rings. The Kier molecular flexibility index (Phi) is 55.1. The third kappa shape index (κ3) is 173. The minimum absolute atomic E-state index is 0. The Morgan fingerprint density at radius 2 is 1.29 bits per heavy atom. The van der Waals surface area contributed by atoms with Gasteiger partial charge in [0.15, 0.2) is 0 Å². The van der Waals surface area contributed by atoms with Gasteiger partial charge in [0, 0.05) is 17.1 Å². The van der Waals surface area contributed by atoms with Gasteiger partial charge >= 0.3 is 43.9 Å². The van der Waals surface area contributed by atoms with Crippen molar-refractivity contribution < 1.29 is 37.6 Å². The Hall–Kier alpha value is 1.01. The summed E-state index contributed by atoms with van der Waals surface area (Å²) in [5.74, 6) is 0. The van der Waals surface area contributed by atoms with E-state index in [2.05, 4.69) is 0 Å². The van der Waals surface area contributed by atoms with Crippen LogP contribution in [-0.2, 0) is 17.1 Å².